The topological polar surface area (TPSA) is 68.0 Å². The molecule has 7 nitrogen and oxygen atoms in total. The monoisotopic (exact) mass is 405 g/mol. The van der Waals surface area contributed by atoms with Crippen LogP contribution in [0.5, 0.6) is 11.5 Å². The second-order valence-electron chi connectivity index (χ2n) is 7.60. The largest absolute Gasteiger partial charge is 0.497 e. The predicted molar refractivity (Wildman–Crippen MR) is 112 cm³/mol. The average molecular weight is 405 g/mol. The van der Waals surface area contributed by atoms with E-state index in [0.717, 1.165) is 47.0 Å². The summed E-state index contributed by atoms with van der Waals surface area (Å²) in [5.74, 6) is 2.13. The van der Waals surface area contributed by atoms with Crippen molar-refractivity contribution in [3.8, 4) is 22.8 Å². The van der Waals surface area contributed by atoms with Crippen LogP contribution in [-0.4, -0.2) is 49.3 Å². The number of benzene rings is 2. The zero-order valence-electron chi connectivity index (χ0n) is 17.1. The molecule has 1 aromatic heterocycles. The minimum absolute atomic E-state index is 0.103. The van der Waals surface area contributed by atoms with Crippen molar-refractivity contribution in [2.45, 2.75) is 13.5 Å². The first-order valence-corrected chi connectivity index (χ1v) is 10.0. The van der Waals surface area contributed by atoms with Crippen molar-refractivity contribution in [2.24, 2.45) is 0 Å². The van der Waals surface area contributed by atoms with E-state index in [9.17, 15) is 4.79 Å². The van der Waals surface area contributed by atoms with Gasteiger partial charge in [0.05, 0.1) is 18.2 Å². The number of ether oxygens (including phenoxy) is 2. The third-order valence-electron chi connectivity index (χ3n) is 5.75. The van der Waals surface area contributed by atoms with E-state index in [1.807, 2.05) is 54.3 Å². The molecule has 154 valence electrons. The molecule has 30 heavy (non-hydrogen) atoms. The molecular formula is C23H23N3O4. The van der Waals surface area contributed by atoms with Crippen LogP contribution in [0.2, 0.25) is 0 Å². The van der Waals surface area contributed by atoms with E-state index >= 15 is 0 Å². The fourth-order valence-corrected chi connectivity index (χ4v) is 4.03. The number of anilines is 1. The highest BCUT2D eigenvalue weighted by Gasteiger charge is 2.32. The number of hydrogen-bond donors (Lipinski definition) is 0. The SMILES string of the molecule is COc1ccc(N2CCN(C(=O)c3noc4c3COc3ccc(C)cc3-4)CC2)cc1. The minimum atomic E-state index is -0.103. The van der Waals surface area contributed by atoms with E-state index < -0.39 is 0 Å². The Kier molecular flexibility index (Phi) is 4.58. The van der Waals surface area contributed by atoms with Crippen molar-refractivity contribution in [1.82, 2.24) is 10.1 Å². The first-order valence-electron chi connectivity index (χ1n) is 10.0. The van der Waals surface area contributed by atoms with Crippen molar-refractivity contribution in [3.05, 3.63) is 59.3 Å². The van der Waals surface area contributed by atoms with E-state index in [-0.39, 0.29) is 5.91 Å². The second-order valence-corrected chi connectivity index (χ2v) is 7.60. The van der Waals surface area contributed by atoms with Crippen LogP contribution in [0.15, 0.2) is 47.0 Å². The first-order chi connectivity index (χ1) is 14.6. The summed E-state index contributed by atoms with van der Waals surface area (Å²) < 4.78 is 16.7. The number of hydrogen-bond acceptors (Lipinski definition) is 6. The van der Waals surface area contributed by atoms with Crippen LogP contribution in [0.3, 0.4) is 0 Å². The zero-order chi connectivity index (χ0) is 20.7. The molecule has 0 saturated carbocycles. The molecule has 1 fully saturated rings. The van der Waals surface area contributed by atoms with Crippen molar-refractivity contribution in [3.63, 3.8) is 0 Å². The lowest BCUT2D eigenvalue weighted by molar-refractivity contribution is 0.0734. The second kappa shape index (κ2) is 7.40. The van der Waals surface area contributed by atoms with Crippen LogP contribution in [-0.2, 0) is 6.61 Å². The van der Waals surface area contributed by atoms with E-state index in [4.69, 9.17) is 14.0 Å². The minimum Gasteiger partial charge on any atom is -0.497 e. The van der Waals surface area contributed by atoms with Gasteiger partial charge in [-0.3, -0.25) is 4.79 Å². The highest BCUT2D eigenvalue weighted by Crippen LogP contribution is 2.39. The molecule has 0 atom stereocenters. The Balaban J connectivity index is 1.31. The number of methoxy groups -OCH3 is 1. The lowest BCUT2D eigenvalue weighted by atomic mass is 10.0. The Bertz CT molecular complexity index is 1080. The summed E-state index contributed by atoms with van der Waals surface area (Å²) in [6.07, 6.45) is 0. The Morgan fingerprint density at radius 3 is 2.57 bits per heavy atom. The van der Waals surface area contributed by atoms with Crippen molar-refractivity contribution >= 4 is 11.6 Å². The van der Waals surface area contributed by atoms with Gasteiger partial charge in [-0.15, -0.1) is 0 Å². The van der Waals surface area contributed by atoms with Crippen molar-refractivity contribution in [2.75, 3.05) is 38.2 Å². The van der Waals surface area contributed by atoms with Gasteiger partial charge in [0.2, 0.25) is 0 Å². The van der Waals surface area contributed by atoms with Crippen LogP contribution < -0.4 is 14.4 Å². The molecule has 2 aromatic carbocycles. The molecule has 1 saturated heterocycles. The number of piperazine rings is 1. The number of fused-ring (bicyclic) bond motifs is 3. The van der Waals surface area contributed by atoms with E-state index in [0.29, 0.717) is 31.2 Å². The third-order valence-corrected chi connectivity index (χ3v) is 5.75. The van der Waals surface area contributed by atoms with E-state index in [2.05, 4.69) is 10.1 Å². The van der Waals surface area contributed by atoms with Gasteiger partial charge in [-0.2, -0.15) is 0 Å². The number of nitrogens with zero attached hydrogens (tertiary/aromatic N) is 3. The summed E-state index contributed by atoms with van der Waals surface area (Å²) in [5.41, 5.74) is 4.17. The number of aryl methyl sites for hydroxylation is 1. The van der Waals surface area contributed by atoms with Crippen LogP contribution in [0.4, 0.5) is 5.69 Å². The molecule has 3 aromatic rings. The Hall–Kier alpha value is -3.48. The Morgan fingerprint density at radius 1 is 1.07 bits per heavy atom. The quantitative estimate of drug-likeness (QED) is 0.664. The normalized spacial score (nSPS) is 15.3. The van der Waals surface area contributed by atoms with E-state index in [1.54, 1.807) is 7.11 Å². The highest BCUT2D eigenvalue weighted by molar-refractivity contribution is 5.95. The fraction of sp³-hybridized carbons (Fsp3) is 0.304. The highest BCUT2D eigenvalue weighted by atomic mass is 16.5. The fourth-order valence-electron chi connectivity index (χ4n) is 4.03. The maximum Gasteiger partial charge on any atom is 0.276 e. The lowest BCUT2D eigenvalue weighted by Crippen LogP contribution is -2.49. The standard InChI is InChI=1S/C23H23N3O4/c1-15-3-8-20-18(13-15)22-19(14-29-20)21(24-30-22)23(27)26-11-9-25(10-12-26)16-4-6-17(28-2)7-5-16/h3-8,13H,9-12,14H2,1-2H3. The number of amides is 1. The molecule has 0 radical (unpaired) electrons. The summed E-state index contributed by atoms with van der Waals surface area (Å²) >= 11 is 0. The van der Waals surface area contributed by atoms with Crippen LogP contribution in [0.25, 0.3) is 11.3 Å². The molecule has 0 bridgehead atoms. The maximum atomic E-state index is 13.2. The van der Waals surface area contributed by atoms with Crippen LogP contribution in [0, 0.1) is 6.92 Å². The van der Waals surface area contributed by atoms with Gasteiger partial charge in [-0.05, 0) is 43.3 Å². The van der Waals surface area contributed by atoms with Crippen molar-refractivity contribution in [1.29, 1.82) is 0 Å². The molecule has 7 heteroatoms. The summed E-state index contributed by atoms with van der Waals surface area (Å²) in [4.78, 5) is 17.3. The molecule has 3 heterocycles. The van der Waals surface area contributed by atoms with E-state index in [1.165, 1.54) is 0 Å². The zero-order valence-corrected chi connectivity index (χ0v) is 17.1. The molecule has 2 aliphatic rings. The van der Waals surface area contributed by atoms with Gasteiger partial charge in [0.1, 0.15) is 18.1 Å². The summed E-state index contributed by atoms with van der Waals surface area (Å²) in [6.45, 7) is 5.08. The van der Waals surface area contributed by atoms with Crippen LogP contribution >= 0.6 is 0 Å². The first kappa shape index (κ1) is 18.5. The van der Waals surface area contributed by atoms with Gasteiger partial charge in [0.25, 0.3) is 5.91 Å². The van der Waals surface area contributed by atoms with Gasteiger partial charge in [0, 0.05) is 31.9 Å². The van der Waals surface area contributed by atoms with Crippen LogP contribution in [0.1, 0.15) is 21.6 Å². The van der Waals surface area contributed by atoms with Gasteiger partial charge in [-0.25, -0.2) is 0 Å². The molecule has 0 spiro atoms. The maximum absolute atomic E-state index is 13.2. The Morgan fingerprint density at radius 2 is 1.83 bits per heavy atom. The lowest BCUT2D eigenvalue weighted by Gasteiger charge is -2.36. The smallest absolute Gasteiger partial charge is 0.276 e. The third kappa shape index (κ3) is 3.16. The number of rotatable bonds is 3. The van der Waals surface area contributed by atoms with Gasteiger partial charge < -0.3 is 23.8 Å². The predicted octanol–water partition coefficient (Wildman–Crippen LogP) is 3.51. The van der Waals surface area contributed by atoms with Gasteiger partial charge in [-0.1, -0.05) is 16.8 Å². The average Bonchev–Trinajstić information content (AvgIpc) is 3.23. The summed E-state index contributed by atoms with van der Waals surface area (Å²) in [5, 5.41) is 4.12. The Labute approximate surface area is 174 Å². The molecule has 5 rings (SSSR count). The van der Waals surface area contributed by atoms with Crippen molar-refractivity contribution < 1.29 is 18.8 Å². The molecule has 0 aliphatic carbocycles. The number of aromatic nitrogens is 1. The molecule has 1 amide bonds. The van der Waals surface area contributed by atoms with Gasteiger partial charge in [0.15, 0.2) is 11.5 Å². The molecule has 0 N–H and O–H groups in total. The molecule has 0 unspecified atom stereocenters. The molecule has 2 aliphatic heterocycles. The molecular weight excluding hydrogens is 382 g/mol. The number of carbonyl (C=O) groups excluding carboxylic acids is 1. The number of carbonyl (C=O) groups is 1. The summed E-state index contributed by atoms with van der Waals surface area (Å²) in [6, 6.07) is 13.9. The van der Waals surface area contributed by atoms with Gasteiger partial charge >= 0.3 is 0 Å². The summed E-state index contributed by atoms with van der Waals surface area (Å²) in [7, 11) is 1.66.